The molecule has 0 aliphatic heterocycles. The molecule has 2 aromatic carbocycles. The Kier molecular flexibility index (Phi) is 4.65. The highest BCUT2D eigenvalue weighted by Gasteiger charge is 2.28. The molecule has 0 fully saturated rings. The van der Waals surface area contributed by atoms with E-state index in [-0.39, 0.29) is 16.7 Å². The number of sulfonamides is 1. The van der Waals surface area contributed by atoms with E-state index in [0.29, 0.717) is 6.54 Å². The van der Waals surface area contributed by atoms with Gasteiger partial charge < -0.3 is 5.11 Å². The van der Waals surface area contributed by atoms with Crippen LogP contribution in [0.3, 0.4) is 0 Å². The summed E-state index contributed by atoms with van der Waals surface area (Å²) in [6, 6.07) is 14.7. The van der Waals surface area contributed by atoms with Crippen molar-refractivity contribution >= 4 is 10.0 Å². The number of hydrogen-bond acceptors (Lipinski definition) is 3. The van der Waals surface area contributed by atoms with Crippen LogP contribution in [0.5, 0.6) is 5.75 Å². The zero-order valence-electron chi connectivity index (χ0n) is 12.1. The van der Waals surface area contributed by atoms with Crippen LogP contribution < -0.4 is 0 Å². The second-order valence-electron chi connectivity index (χ2n) is 4.79. The van der Waals surface area contributed by atoms with Gasteiger partial charge in [-0.1, -0.05) is 37.3 Å². The summed E-state index contributed by atoms with van der Waals surface area (Å²) in [5, 5.41) is 9.57. The first kappa shape index (κ1) is 15.5. The molecular formula is C16H19NO3S. The molecule has 5 heteroatoms. The molecule has 112 valence electrons. The quantitative estimate of drug-likeness (QED) is 0.923. The molecule has 0 heterocycles. The van der Waals surface area contributed by atoms with Gasteiger partial charge in [-0.3, -0.25) is 0 Å². The maximum Gasteiger partial charge on any atom is 0.243 e. The molecule has 2 aromatic rings. The average molecular weight is 305 g/mol. The molecule has 0 aliphatic carbocycles. The summed E-state index contributed by atoms with van der Waals surface area (Å²) in [6.07, 6.45) is 0. The van der Waals surface area contributed by atoms with Gasteiger partial charge in [0.1, 0.15) is 5.75 Å². The Morgan fingerprint density at radius 3 is 2.33 bits per heavy atom. The summed E-state index contributed by atoms with van der Waals surface area (Å²) in [5.41, 5.74) is 0.761. The number of aromatic hydroxyl groups is 1. The summed E-state index contributed by atoms with van der Waals surface area (Å²) >= 11 is 0. The summed E-state index contributed by atoms with van der Waals surface area (Å²) in [7, 11) is -3.56. The number of nitrogens with zero attached hydrogens (tertiary/aromatic N) is 1. The van der Waals surface area contributed by atoms with Crippen molar-refractivity contribution in [3.05, 3.63) is 60.2 Å². The van der Waals surface area contributed by atoms with E-state index in [0.717, 1.165) is 5.56 Å². The minimum atomic E-state index is -3.56. The van der Waals surface area contributed by atoms with Gasteiger partial charge >= 0.3 is 0 Å². The van der Waals surface area contributed by atoms with E-state index in [1.54, 1.807) is 55.5 Å². The lowest BCUT2D eigenvalue weighted by molar-refractivity contribution is 0.355. The van der Waals surface area contributed by atoms with Crippen molar-refractivity contribution in [2.24, 2.45) is 0 Å². The highest BCUT2D eigenvalue weighted by Crippen LogP contribution is 2.28. The van der Waals surface area contributed by atoms with Crippen molar-refractivity contribution in [2.45, 2.75) is 24.8 Å². The minimum absolute atomic E-state index is 0.132. The zero-order chi connectivity index (χ0) is 15.5. The Morgan fingerprint density at radius 2 is 1.76 bits per heavy atom. The van der Waals surface area contributed by atoms with Crippen molar-refractivity contribution in [1.82, 2.24) is 4.31 Å². The molecule has 1 unspecified atom stereocenters. The third-order valence-corrected chi connectivity index (χ3v) is 5.51. The fourth-order valence-electron chi connectivity index (χ4n) is 2.33. The van der Waals surface area contributed by atoms with E-state index >= 15 is 0 Å². The molecule has 2 rings (SSSR count). The van der Waals surface area contributed by atoms with Crippen LogP contribution in [0, 0.1) is 0 Å². The van der Waals surface area contributed by atoms with Gasteiger partial charge in [-0.25, -0.2) is 8.42 Å². The molecule has 4 nitrogen and oxygen atoms in total. The number of rotatable bonds is 5. The molecular weight excluding hydrogens is 286 g/mol. The molecule has 0 spiro atoms. The fourth-order valence-corrected chi connectivity index (χ4v) is 3.98. The Morgan fingerprint density at radius 1 is 1.10 bits per heavy atom. The third kappa shape index (κ3) is 3.25. The van der Waals surface area contributed by atoms with Gasteiger partial charge in [0.15, 0.2) is 0 Å². The first-order valence-corrected chi connectivity index (χ1v) is 8.26. The Labute approximate surface area is 125 Å². The molecule has 21 heavy (non-hydrogen) atoms. The van der Waals surface area contributed by atoms with Crippen molar-refractivity contribution in [3.63, 3.8) is 0 Å². The highest BCUT2D eigenvalue weighted by atomic mass is 32.2. The first-order valence-electron chi connectivity index (χ1n) is 6.82. The van der Waals surface area contributed by atoms with Crippen LogP contribution in [-0.4, -0.2) is 24.4 Å². The van der Waals surface area contributed by atoms with Crippen LogP contribution in [0.25, 0.3) is 0 Å². The topological polar surface area (TPSA) is 57.6 Å². The Bertz CT molecular complexity index is 698. The lowest BCUT2D eigenvalue weighted by atomic mass is 10.1. The molecule has 0 saturated heterocycles. The summed E-state index contributed by atoms with van der Waals surface area (Å²) in [4.78, 5) is 0.277. The monoisotopic (exact) mass is 305 g/mol. The molecule has 0 aliphatic rings. The zero-order valence-corrected chi connectivity index (χ0v) is 12.9. The van der Waals surface area contributed by atoms with Crippen molar-refractivity contribution in [1.29, 1.82) is 0 Å². The third-order valence-electron chi connectivity index (χ3n) is 3.45. The normalized spacial score (nSPS) is 13.3. The van der Waals surface area contributed by atoms with Gasteiger partial charge in [-0.05, 0) is 36.8 Å². The van der Waals surface area contributed by atoms with Crippen LogP contribution in [0.15, 0.2) is 59.5 Å². The van der Waals surface area contributed by atoms with Gasteiger partial charge in [0.05, 0.1) is 4.90 Å². The smallest absolute Gasteiger partial charge is 0.243 e. The van der Waals surface area contributed by atoms with E-state index < -0.39 is 10.0 Å². The summed E-state index contributed by atoms with van der Waals surface area (Å²) < 4.78 is 26.9. The number of phenols is 1. The summed E-state index contributed by atoms with van der Waals surface area (Å²) in [6.45, 7) is 3.98. The SMILES string of the molecule is CCN(C(C)c1cccc(O)c1)S(=O)(=O)c1ccccc1. The maximum atomic E-state index is 12.7. The lowest BCUT2D eigenvalue weighted by Gasteiger charge is -2.27. The molecule has 1 N–H and O–H groups in total. The molecule has 0 aromatic heterocycles. The largest absolute Gasteiger partial charge is 0.508 e. The van der Waals surface area contributed by atoms with E-state index in [1.807, 2.05) is 13.0 Å². The average Bonchev–Trinajstić information content (AvgIpc) is 2.48. The van der Waals surface area contributed by atoms with Crippen LogP contribution >= 0.6 is 0 Å². The highest BCUT2D eigenvalue weighted by molar-refractivity contribution is 7.89. The second-order valence-corrected chi connectivity index (χ2v) is 6.68. The molecule has 0 amide bonds. The van der Waals surface area contributed by atoms with Gasteiger partial charge in [0.25, 0.3) is 0 Å². The van der Waals surface area contributed by atoms with Crippen molar-refractivity contribution in [3.8, 4) is 5.75 Å². The second kappa shape index (κ2) is 6.28. The van der Waals surface area contributed by atoms with E-state index in [2.05, 4.69) is 0 Å². The lowest BCUT2D eigenvalue weighted by Crippen LogP contribution is -2.33. The number of phenolic OH excluding ortho intramolecular Hbond substituents is 1. The van der Waals surface area contributed by atoms with Crippen molar-refractivity contribution in [2.75, 3.05) is 6.54 Å². The van der Waals surface area contributed by atoms with Crippen LogP contribution in [0.4, 0.5) is 0 Å². The van der Waals surface area contributed by atoms with Gasteiger partial charge in [-0.2, -0.15) is 4.31 Å². The first-order chi connectivity index (χ1) is 9.96. The molecule has 0 radical (unpaired) electrons. The van der Waals surface area contributed by atoms with Crippen LogP contribution in [-0.2, 0) is 10.0 Å². The van der Waals surface area contributed by atoms with Gasteiger partial charge in [0, 0.05) is 12.6 Å². The number of hydrogen-bond donors (Lipinski definition) is 1. The molecule has 0 saturated carbocycles. The Balaban J connectivity index is 2.40. The standard InChI is InChI=1S/C16H19NO3S/c1-3-17(13(2)14-8-7-9-15(18)12-14)21(19,20)16-10-5-4-6-11-16/h4-13,18H,3H2,1-2H3. The maximum absolute atomic E-state index is 12.7. The predicted octanol–water partition coefficient (Wildman–Crippen LogP) is 3.16. The van der Waals surface area contributed by atoms with E-state index in [1.165, 1.54) is 4.31 Å². The van der Waals surface area contributed by atoms with Gasteiger partial charge in [0.2, 0.25) is 10.0 Å². The molecule has 0 bridgehead atoms. The van der Waals surface area contributed by atoms with Crippen molar-refractivity contribution < 1.29 is 13.5 Å². The fraction of sp³-hybridized carbons (Fsp3) is 0.250. The van der Waals surface area contributed by atoms with Gasteiger partial charge in [-0.15, -0.1) is 0 Å². The Hall–Kier alpha value is -1.85. The predicted molar refractivity (Wildman–Crippen MR) is 82.5 cm³/mol. The summed E-state index contributed by atoms with van der Waals surface area (Å²) in [5.74, 6) is 0.132. The van der Waals surface area contributed by atoms with Crippen LogP contribution in [0.1, 0.15) is 25.5 Å². The minimum Gasteiger partial charge on any atom is -0.508 e. The van der Waals surface area contributed by atoms with E-state index in [9.17, 15) is 13.5 Å². The molecule has 1 atom stereocenters. The number of benzene rings is 2. The van der Waals surface area contributed by atoms with Crippen LogP contribution in [0.2, 0.25) is 0 Å². The van der Waals surface area contributed by atoms with E-state index in [4.69, 9.17) is 0 Å².